The topological polar surface area (TPSA) is 25.2 Å². The molecule has 2 nitrogen and oxygen atoms in total. The number of hydrogen-bond acceptors (Lipinski definition) is 2. The number of hydrogen-bond donors (Lipinski definition) is 1. The Kier molecular flexibility index (Phi) is 4.86. The van der Waals surface area contributed by atoms with E-state index in [1.165, 1.54) is 0 Å². The average Bonchev–Trinajstić information content (AvgIpc) is 2.51. The molecule has 0 aliphatic heterocycles. The summed E-state index contributed by atoms with van der Waals surface area (Å²) in [6, 6.07) is 3.87. The third kappa shape index (κ3) is 4.29. The zero-order valence-electron chi connectivity index (χ0n) is 7.72. The van der Waals surface area contributed by atoms with Gasteiger partial charge in [0.05, 0.1) is 6.54 Å². The maximum Gasteiger partial charge on any atom is 0.169 e. The van der Waals surface area contributed by atoms with E-state index < -0.39 is 0 Å². The third-order valence-electron chi connectivity index (χ3n) is 1.65. The van der Waals surface area contributed by atoms with Gasteiger partial charge in [0.2, 0.25) is 0 Å². The molecule has 0 aliphatic carbocycles. The van der Waals surface area contributed by atoms with Gasteiger partial charge in [-0.15, -0.1) is 0 Å². The maximum absolute atomic E-state index is 5.33. The molecular weight excluding hydrogens is 230 g/mol. The Balaban J connectivity index is 2.13. The maximum atomic E-state index is 5.33. The van der Waals surface area contributed by atoms with E-state index in [9.17, 15) is 0 Å². The molecule has 0 spiro atoms. The van der Waals surface area contributed by atoms with Gasteiger partial charge in [-0.05, 0) is 48.0 Å². The van der Waals surface area contributed by atoms with Crippen molar-refractivity contribution in [3.63, 3.8) is 0 Å². The fourth-order valence-electron chi connectivity index (χ4n) is 1.01. The summed E-state index contributed by atoms with van der Waals surface area (Å²) >= 11 is 3.26. The lowest BCUT2D eigenvalue weighted by Crippen LogP contribution is -2.13. The van der Waals surface area contributed by atoms with Gasteiger partial charge in [-0.2, -0.15) is 0 Å². The van der Waals surface area contributed by atoms with Crippen LogP contribution in [0.2, 0.25) is 0 Å². The number of halogens is 1. The molecule has 1 aromatic heterocycles. The van der Waals surface area contributed by atoms with E-state index in [1.807, 2.05) is 19.1 Å². The molecule has 0 saturated carbocycles. The normalized spacial score (nSPS) is 11.2. The Morgan fingerprint density at radius 1 is 1.54 bits per heavy atom. The smallest absolute Gasteiger partial charge is 0.169 e. The molecule has 0 unspecified atom stereocenters. The summed E-state index contributed by atoms with van der Waals surface area (Å²) in [6.07, 6.45) is 5.27. The molecule has 72 valence electrons. The van der Waals surface area contributed by atoms with Crippen molar-refractivity contribution in [2.45, 2.75) is 19.9 Å². The van der Waals surface area contributed by atoms with E-state index in [4.69, 9.17) is 4.42 Å². The molecule has 0 atom stereocenters. The van der Waals surface area contributed by atoms with Crippen LogP contribution in [0.15, 0.2) is 33.4 Å². The molecule has 0 saturated heterocycles. The molecule has 3 heteroatoms. The summed E-state index contributed by atoms with van der Waals surface area (Å²) in [4.78, 5) is 0. The first-order valence-corrected chi connectivity index (χ1v) is 5.18. The van der Waals surface area contributed by atoms with Crippen molar-refractivity contribution in [3.05, 3.63) is 34.7 Å². The van der Waals surface area contributed by atoms with E-state index in [1.54, 1.807) is 0 Å². The second-order valence-electron chi connectivity index (χ2n) is 2.74. The monoisotopic (exact) mass is 243 g/mol. The lowest BCUT2D eigenvalue weighted by molar-refractivity contribution is 0.467. The van der Waals surface area contributed by atoms with Crippen LogP contribution < -0.4 is 5.32 Å². The predicted octanol–water partition coefficient (Wildman–Crippen LogP) is 3.10. The van der Waals surface area contributed by atoms with Crippen molar-refractivity contribution in [1.29, 1.82) is 0 Å². The van der Waals surface area contributed by atoms with Crippen molar-refractivity contribution in [3.8, 4) is 0 Å². The molecule has 0 bridgehead atoms. The number of allylic oxidation sites excluding steroid dienone is 1. The van der Waals surface area contributed by atoms with Crippen LogP contribution in [0.3, 0.4) is 0 Å². The molecule has 1 N–H and O–H groups in total. The van der Waals surface area contributed by atoms with Gasteiger partial charge in [-0.3, -0.25) is 0 Å². The van der Waals surface area contributed by atoms with Crippen LogP contribution in [-0.2, 0) is 6.54 Å². The predicted molar refractivity (Wildman–Crippen MR) is 57.5 cm³/mol. The molecule has 0 aliphatic rings. The van der Waals surface area contributed by atoms with Crippen LogP contribution in [0.5, 0.6) is 0 Å². The van der Waals surface area contributed by atoms with Gasteiger partial charge >= 0.3 is 0 Å². The Bertz CT molecular complexity index is 268. The van der Waals surface area contributed by atoms with Crippen LogP contribution in [0.25, 0.3) is 0 Å². The second-order valence-corrected chi connectivity index (χ2v) is 3.52. The van der Waals surface area contributed by atoms with Crippen molar-refractivity contribution in [2.24, 2.45) is 0 Å². The van der Waals surface area contributed by atoms with Gasteiger partial charge < -0.3 is 9.73 Å². The molecule has 0 fully saturated rings. The Morgan fingerprint density at radius 3 is 3.00 bits per heavy atom. The molecular formula is C10H14BrNO. The van der Waals surface area contributed by atoms with Gasteiger partial charge in [-0.1, -0.05) is 12.2 Å². The first kappa shape index (κ1) is 10.5. The van der Waals surface area contributed by atoms with Crippen LogP contribution in [0, 0.1) is 0 Å². The van der Waals surface area contributed by atoms with Crippen molar-refractivity contribution < 1.29 is 4.42 Å². The Morgan fingerprint density at radius 2 is 2.38 bits per heavy atom. The number of furan rings is 1. The minimum atomic E-state index is 0.790. The first-order valence-electron chi connectivity index (χ1n) is 4.39. The van der Waals surface area contributed by atoms with Gasteiger partial charge in [0.25, 0.3) is 0 Å². The second kappa shape index (κ2) is 6.00. The lowest BCUT2D eigenvalue weighted by Gasteiger charge is -1.98. The van der Waals surface area contributed by atoms with E-state index in [2.05, 4.69) is 33.4 Å². The fourth-order valence-corrected chi connectivity index (χ4v) is 1.35. The summed E-state index contributed by atoms with van der Waals surface area (Å²) in [5, 5.41) is 3.28. The van der Waals surface area contributed by atoms with E-state index in [-0.39, 0.29) is 0 Å². The molecule has 1 aromatic rings. The van der Waals surface area contributed by atoms with E-state index >= 15 is 0 Å². The van der Waals surface area contributed by atoms with Gasteiger partial charge in [0, 0.05) is 0 Å². The number of nitrogens with one attached hydrogen (secondary N) is 1. The minimum absolute atomic E-state index is 0.790. The van der Waals surface area contributed by atoms with E-state index in [0.29, 0.717) is 0 Å². The molecule has 0 radical (unpaired) electrons. The van der Waals surface area contributed by atoms with Crippen molar-refractivity contribution in [2.75, 3.05) is 6.54 Å². The first-order chi connectivity index (χ1) is 6.33. The lowest BCUT2D eigenvalue weighted by atomic mass is 10.3. The van der Waals surface area contributed by atoms with Gasteiger partial charge in [-0.25, -0.2) is 0 Å². The minimum Gasteiger partial charge on any atom is -0.453 e. The molecule has 1 heterocycles. The highest BCUT2D eigenvalue weighted by Gasteiger charge is 1.96. The molecule has 0 amide bonds. The highest BCUT2D eigenvalue weighted by molar-refractivity contribution is 9.10. The average molecular weight is 244 g/mol. The summed E-state index contributed by atoms with van der Waals surface area (Å²) in [5.41, 5.74) is 0. The fraction of sp³-hybridized carbons (Fsp3) is 0.400. The Hall–Kier alpha value is -0.540. The largest absolute Gasteiger partial charge is 0.453 e. The van der Waals surface area contributed by atoms with Crippen LogP contribution in [0.4, 0.5) is 0 Å². The quantitative estimate of drug-likeness (QED) is 0.636. The highest BCUT2D eigenvalue weighted by Crippen LogP contribution is 2.13. The van der Waals surface area contributed by atoms with Crippen molar-refractivity contribution in [1.82, 2.24) is 5.32 Å². The van der Waals surface area contributed by atoms with Crippen LogP contribution >= 0.6 is 15.9 Å². The Labute approximate surface area is 87.1 Å². The van der Waals surface area contributed by atoms with Gasteiger partial charge in [0.15, 0.2) is 4.67 Å². The summed E-state index contributed by atoms with van der Waals surface area (Å²) in [6.45, 7) is 3.81. The number of rotatable bonds is 5. The van der Waals surface area contributed by atoms with E-state index in [0.717, 1.165) is 29.9 Å². The van der Waals surface area contributed by atoms with Crippen LogP contribution in [-0.4, -0.2) is 6.54 Å². The summed E-state index contributed by atoms with van der Waals surface area (Å²) < 4.78 is 6.12. The van der Waals surface area contributed by atoms with Gasteiger partial charge in [0.1, 0.15) is 5.76 Å². The molecule has 0 aromatic carbocycles. The zero-order chi connectivity index (χ0) is 9.52. The third-order valence-corrected chi connectivity index (χ3v) is 2.08. The highest BCUT2D eigenvalue weighted by atomic mass is 79.9. The SMILES string of the molecule is C/C=C/CCNCc1ccc(Br)o1. The summed E-state index contributed by atoms with van der Waals surface area (Å²) in [5.74, 6) is 0.965. The standard InChI is InChI=1S/C10H14BrNO/c1-2-3-4-7-12-8-9-5-6-10(11)13-9/h2-3,5-6,12H,4,7-8H2,1H3/b3-2+. The molecule has 13 heavy (non-hydrogen) atoms. The zero-order valence-corrected chi connectivity index (χ0v) is 9.30. The summed E-state index contributed by atoms with van der Waals surface area (Å²) in [7, 11) is 0. The van der Waals surface area contributed by atoms with Crippen molar-refractivity contribution >= 4 is 15.9 Å². The molecule has 1 rings (SSSR count). The van der Waals surface area contributed by atoms with Crippen LogP contribution in [0.1, 0.15) is 19.1 Å².